The standard InChI is InChI=1S/C13H26.C2H6/c1-5-8-13-10(4)9-11(6-2)12(13)7-3;1-2/h10-13H,5-9H2,1-4H3;1-2H3. The summed E-state index contributed by atoms with van der Waals surface area (Å²) in [6.07, 6.45) is 7.16. The Morgan fingerprint density at radius 3 is 1.93 bits per heavy atom. The highest BCUT2D eigenvalue weighted by Gasteiger charge is 2.37. The molecule has 0 nitrogen and oxygen atoms in total. The molecule has 0 aromatic rings. The zero-order chi connectivity index (χ0) is 11.8. The first-order valence-electron chi connectivity index (χ1n) is 7.24. The molecular weight excluding hydrogens is 180 g/mol. The molecule has 4 unspecified atom stereocenters. The largest absolute Gasteiger partial charge is 0.0683 e. The normalized spacial score (nSPS) is 34.8. The predicted molar refractivity (Wildman–Crippen MR) is 71.1 cm³/mol. The van der Waals surface area contributed by atoms with Gasteiger partial charge in [-0.15, -0.1) is 0 Å². The van der Waals surface area contributed by atoms with E-state index in [0.29, 0.717) is 0 Å². The quantitative estimate of drug-likeness (QED) is 0.575. The second-order valence-electron chi connectivity index (χ2n) is 4.91. The van der Waals surface area contributed by atoms with Crippen molar-refractivity contribution >= 4 is 0 Å². The van der Waals surface area contributed by atoms with Gasteiger partial charge in [-0.05, 0) is 30.1 Å². The average molecular weight is 212 g/mol. The summed E-state index contributed by atoms with van der Waals surface area (Å²) in [5.41, 5.74) is 0. The molecule has 0 heteroatoms. The smallest absolute Gasteiger partial charge is 0.0357 e. The zero-order valence-electron chi connectivity index (χ0n) is 11.8. The van der Waals surface area contributed by atoms with Crippen LogP contribution >= 0.6 is 0 Å². The van der Waals surface area contributed by atoms with Gasteiger partial charge in [0.25, 0.3) is 0 Å². The van der Waals surface area contributed by atoms with Crippen LogP contribution in [-0.4, -0.2) is 0 Å². The van der Waals surface area contributed by atoms with Crippen molar-refractivity contribution in [1.29, 1.82) is 0 Å². The van der Waals surface area contributed by atoms with Crippen LogP contribution in [-0.2, 0) is 0 Å². The van der Waals surface area contributed by atoms with Gasteiger partial charge in [-0.25, -0.2) is 0 Å². The summed E-state index contributed by atoms with van der Waals surface area (Å²) >= 11 is 0. The molecule has 0 aliphatic heterocycles. The van der Waals surface area contributed by atoms with Crippen LogP contribution < -0.4 is 0 Å². The Labute approximate surface area is 97.8 Å². The van der Waals surface area contributed by atoms with E-state index in [4.69, 9.17) is 0 Å². The molecule has 0 radical (unpaired) electrons. The van der Waals surface area contributed by atoms with E-state index in [2.05, 4.69) is 27.7 Å². The van der Waals surface area contributed by atoms with Crippen molar-refractivity contribution in [3.63, 3.8) is 0 Å². The van der Waals surface area contributed by atoms with Gasteiger partial charge in [0.1, 0.15) is 0 Å². The molecule has 0 amide bonds. The molecule has 4 atom stereocenters. The minimum Gasteiger partial charge on any atom is -0.0683 e. The minimum absolute atomic E-state index is 0.995. The summed E-state index contributed by atoms with van der Waals surface area (Å²) in [7, 11) is 0. The molecule has 0 aromatic carbocycles. The molecule has 0 saturated heterocycles. The summed E-state index contributed by atoms with van der Waals surface area (Å²) in [4.78, 5) is 0. The Hall–Kier alpha value is 0. The summed E-state index contributed by atoms with van der Waals surface area (Å²) < 4.78 is 0. The van der Waals surface area contributed by atoms with Gasteiger partial charge in [0.05, 0.1) is 0 Å². The minimum atomic E-state index is 0.995. The van der Waals surface area contributed by atoms with Crippen LogP contribution in [0.25, 0.3) is 0 Å². The third-order valence-corrected chi connectivity index (χ3v) is 4.18. The van der Waals surface area contributed by atoms with Crippen molar-refractivity contribution in [2.45, 2.75) is 73.6 Å². The summed E-state index contributed by atoms with van der Waals surface area (Å²) in [5, 5.41) is 0. The summed E-state index contributed by atoms with van der Waals surface area (Å²) in [5.74, 6) is 4.12. The average Bonchev–Trinajstić information content (AvgIpc) is 2.58. The van der Waals surface area contributed by atoms with Gasteiger partial charge in [-0.3, -0.25) is 0 Å². The van der Waals surface area contributed by atoms with Gasteiger partial charge >= 0.3 is 0 Å². The lowest BCUT2D eigenvalue weighted by Gasteiger charge is -2.24. The highest BCUT2D eigenvalue weighted by atomic mass is 14.4. The van der Waals surface area contributed by atoms with Crippen molar-refractivity contribution in [1.82, 2.24) is 0 Å². The van der Waals surface area contributed by atoms with E-state index in [1.54, 1.807) is 0 Å². The Morgan fingerprint density at radius 1 is 0.933 bits per heavy atom. The first-order chi connectivity index (χ1) is 7.24. The molecule has 92 valence electrons. The van der Waals surface area contributed by atoms with E-state index >= 15 is 0 Å². The number of rotatable bonds is 4. The summed E-state index contributed by atoms with van der Waals surface area (Å²) in [6, 6.07) is 0. The number of hydrogen-bond acceptors (Lipinski definition) is 0. The second kappa shape index (κ2) is 8.19. The lowest BCUT2D eigenvalue weighted by Crippen LogP contribution is -2.15. The topological polar surface area (TPSA) is 0 Å². The van der Waals surface area contributed by atoms with Gasteiger partial charge in [0.15, 0.2) is 0 Å². The molecule has 1 fully saturated rings. The third kappa shape index (κ3) is 3.81. The third-order valence-electron chi connectivity index (χ3n) is 4.18. The van der Waals surface area contributed by atoms with Crippen LogP contribution in [0.1, 0.15) is 73.6 Å². The van der Waals surface area contributed by atoms with Crippen LogP contribution in [0.4, 0.5) is 0 Å². The maximum Gasteiger partial charge on any atom is -0.0357 e. The van der Waals surface area contributed by atoms with Crippen LogP contribution in [0.5, 0.6) is 0 Å². The van der Waals surface area contributed by atoms with E-state index in [-0.39, 0.29) is 0 Å². The van der Waals surface area contributed by atoms with Gasteiger partial charge in [0, 0.05) is 0 Å². The number of hydrogen-bond donors (Lipinski definition) is 0. The predicted octanol–water partition coefficient (Wildman–Crippen LogP) is 5.52. The van der Waals surface area contributed by atoms with Crippen LogP contribution in [0.2, 0.25) is 0 Å². The van der Waals surface area contributed by atoms with E-state index in [0.717, 1.165) is 23.7 Å². The first-order valence-corrected chi connectivity index (χ1v) is 7.24. The van der Waals surface area contributed by atoms with Gasteiger partial charge in [-0.1, -0.05) is 67.2 Å². The highest BCUT2D eigenvalue weighted by molar-refractivity contribution is 4.87. The zero-order valence-corrected chi connectivity index (χ0v) is 11.8. The maximum absolute atomic E-state index is 2.47. The molecular formula is C15H32. The van der Waals surface area contributed by atoms with Crippen LogP contribution in [0.3, 0.4) is 0 Å². The Balaban J connectivity index is 0.000000921. The van der Waals surface area contributed by atoms with Crippen molar-refractivity contribution < 1.29 is 0 Å². The maximum atomic E-state index is 2.47. The van der Waals surface area contributed by atoms with Crippen LogP contribution in [0, 0.1) is 23.7 Å². The molecule has 1 rings (SSSR count). The van der Waals surface area contributed by atoms with Crippen molar-refractivity contribution in [2.75, 3.05) is 0 Å². The van der Waals surface area contributed by atoms with Gasteiger partial charge < -0.3 is 0 Å². The fraction of sp³-hybridized carbons (Fsp3) is 1.00. The molecule has 1 aliphatic carbocycles. The molecule has 0 bridgehead atoms. The van der Waals surface area contributed by atoms with Gasteiger partial charge in [0.2, 0.25) is 0 Å². The molecule has 0 aromatic heterocycles. The molecule has 15 heavy (non-hydrogen) atoms. The fourth-order valence-electron chi connectivity index (χ4n) is 3.54. The highest BCUT2D eigenvalue weighted by Crippen LogP contribution is 2.46. The Bertz CT molecular complexity index is 139. The van der Waals surface area contributed by atoms with E-state index < -0.39 is 0 Å². The fourth-order valence-corrected chi connectivity index (χ4v) is 3.54. The van der Waals surface area contributed by atoms with Crippen molar-refractivity contribution in [2.24, 2.45) is 23.7 Å². The molecule has 0 N–H and O–H groups in total. The molecule has 1 saturated carbocycles. The van der Waals surface area contributed by atoms with Crippen molar-refractivity contribution in [3.8, 4) is 0 Å². The van der Waals surface area contributed by atoms with Crippen LogP contribution in [0.15, 0.2) is 0 Å². The van der Waals surface area contributed by atoms with E-state index in [9.17, 15) is 0 Å². The molecule has 0 heterocycles. The van der Waals surface area contributed by atoms with Crippen molar-refractivity contribution in [3.05, 3.63) is 0 Å². The van der Waals surface area contributed by atoms with E-state index in [1.807, 2.05) is 13.8 Å². The molecule has 0 spiro atoms. The Kier molecular flexibility index (Phi) is 8.19. The molecule has 1 aliphatic rings. The summed E-state index contributed by atoms with van der Waals surface area (Å²) in [6.45, 7) is 13.6. The van der Waals surface area contributed by atoms with Gasteiger partial charge in [-0.2, -0.15) is 0 Å². The second-order valence-corrected chi connectivity index (χ2v) is 4.91. The first kappa shape index (κ1) is 15.0. The Morgan fingerprint density at radius 2 is 1.53 bits per heavy atom. The van der Waals surface area contributed by atoms with E-state index in [1.165, 1.54) is 32.1 Å². The SMILES string of the molecule is CC.CCCC1C(C)CC(CC)C1CC. The lowest BCUT2D eigenvalue weighted by molar-refractivity contribution is 0.260. The lowest BCUT2D eigenvalue weighted by atomic mass is 9.82. The monoisotopic (exact) mass is 212 g/mol.